The molecule has 1 aromatic carbocycles. The number of piperidine rings is 1. The van der Waals surface area contributed by atoms with Gasteiger partial charge in [-0.15, -0.1) is 0 Å². The predicted molar refractivity (Wildman–Crippen MR) is 130 cm³/mol. The largest absolute Gasteiger partial charge is 0.454 e. The van der Waals surface area contributed by atoms with Crippen LogP contribution >= 0.6 is 27.7 Å². The Bertz CT molecular complexity index is 1240. The molecule has 3 N–H and O–H groups in total. The lowest BCUT2D eigenvalue weighted by Crippen LogP contribution is -2.47. The number of carbonyl (C=O) groups is 1. The number of nitrogens with zero attached hydrogens (tertiary/aromatic N) is 5. The van der Waals surface area contributed by atoms with Crippen molar-refractivity contribution < 1.29 is 19.4 Å². The number of imidazole rings is 1. The van der Waals surface area contributed by atoms with Crippen LogP contribution in [-0.4, -0.2) is 60.9 Å². The molecule has 4 heterocycles. The van der Waals surface area contributed by atoms with Crippen molar-refractivity contribution in [1.82, 2.24) is 24.4 Å². The summed E-state index contributed by atoms with van der Waals surface area (Å²) in [6, 6.07) is 3.84. The second-order valence-corrected chi connectivity index (χ2v) is 10.2. The summed E-state index contributed by atoms with van der Waals surface area (Å²) in [6.45, 7) is 2.98. The Kier molecular flexibility index (Phi) is 6.54. The zero-order valence-corrected chi connectivity index (χ0v) is 21.0. The quantitative estimate of drug-likeness (QED) is 0.476. The van der Waals surface area contributed by atoms with Gasteiger partial charge in [-0.3, -0.25) is 4.79 Å². The van der Waals surface area contributed by atoms with Crippen molar-refractivity contribution >= 4 is 50.6 Å². The molecule has 0 radical (unpaired) electrons. The highest BCUT2D eigenvalue weighted by Crippen LogP contribution is 2.43. The molecule has 0 unspecified atom stereocenters. The maximum Gasteiger partial charge on any atom is 0.251 e. The molecule has 1 fully saturated rings. The van der Waals surface area contributed by atoms with Gasteiger partial charge in [0.2, 0.25) is 6.79 Å². The summed E-state index contributed by atoms with van der Waals surface area (Å²) in [4.78, 5) is 28.6. The number of carbonyl (C=O) groups excluding carboxylic acids is 1. The van der Waals surface area contributed by atoms with E-state index in [2.05, 4.69) is 25.9 Å². The van der Waals surface area contributed by atoms with Gasteiger partial charge in [-0.1, -0.05) is 11.8 Å². The molecule has 1 amide bonds. The second kappa shape index (κ2) is 9.59. The number of likely N-dealkylation sites (tertiary alicyclic amines) is 1. The second-order valence-electron chi connectivity index (χ2n) is 8.36. The number of anilines is 1. The molecule has 2 aliphatic rings. The number of aryl methyl sites for hydroxylation is 1. The summed E-state index contributed by atoms with van der Waals surface area (Å²) in [5, 5.41) is 10.6. The first-order chi connectivity index (χ1) is 16.4. The van der Waals surface area contributed by atoms with Gasteiger partial charge in [0.1, 0.15) is 12.4 Å². The number of amides is 1. The predicted octanol–water partition coefficient (Wildman–Crippen LogP) is 3.20. The van der Waals surface area contributed by atoms with Crippen LogP contribution in [0.1, 0.15) is 32.6 Å². The molecule has 180 valence electrons. The van der Waals surface area contributed by atoms with Crippen molar-refractivity contribution in [3.63, 3.8) is 0 Å². The van der Waals surface area contributed by atoms with Crippen LogP contribution in [0.2, 0.25) is 0 Å². The molecule has 0 bridgehead atoms. The summed E-state index contributed by atoms with van der Waals surface area (Å²) in [5.41, 5.74) is 7.30. The number of nitrogen functional groups attached to an aromatic ring is 1. The van der Waals surface area contributed by atoms with Gasteiger partial charge in [0.25, 0.3) is 5.91 Å². The van der Waals surface area contributed by atoms with Gasteiger partial charge in [-0.05, 0) is 60.7 Å². The number of hydrogen-bond donors (Lipinski definition) is 2. The highest BCUT2D eigenvalue weighted by Gasteiger charge is 2.29. The first-order valence-electron chi connectivity index (χ1n) is 11.1. The van der Waals surface area contributed by atoms with Crippen molar-refractivity contribution in [3.05, 3.63) is 22.9 Å². The SMILES string of the molecule is C[C@H](O)C(=O)N1CCCC[C@H]1CCn1c(Sc2cc3c(cc2Br)OCO3)nc2c(N)ncnc21. The molecule has 12 heteroatoms. The molecular weight excluding hydrogens is 524 g/mol. The third kappa shape index (κ3) is 4.41. The molecule has 34 heavy (non-hydrogen) atoms. The molecule has 5 rings (SSSR count). The Labute approximate surface area is 209 Å². The summed E-state index contributed by atoms with van der Waals surface area (Å²) < 4.78 is 13.9. The number of ether oxygens (including phenoxy) is 2. The highest BCUT2D eigenvalue weighted by atomic mass is 79.9. The third-order valence-electron chi connectivity index (χ3n) is 6.11. The van der Waals surface area contributed by atoms with Crippen LogP contribution in [-0.2, 0) is 11.3 Å². The Morgan fingerprint density at radius 2 is 2.12 bits per heavy atom. The molecule has 10 nitrogen and oxygen atoms in total. The molecule has 3 aromatic rings. The molecule has 0 aliphatic carbocycles. The number of aliphatic hydroxyl groups is 1. The minimum atomic E-state index is -1.00. The lowest BCUT2D eigenvalue weighted by molar-refractivity contribution is -0.143. The van der Waals surface area contributed by atoms with Crippen molar-refractivity contribution in [2.45, 2.75) is 61.3 Å². The fourth-order valence-corrected chi connectivity index (χ4v) is 5.91. The van der Waals surface area contributed by atoms with Gasteiger partial charge in [0.15, 0.2) is 33.6 Å². The monoisotopic (exact) mass is 548 g/mol. The molecule has 1 saturated heterocycles. The van der Waals surface area contributed by atoms with Gasteiger partial charge >= 0.3 is 0 Å². The Balaban J connectivity index is 1.45. The van der Waals surface area contributed by atoms with Gasteiger partial charge < -0.3 is 29.8 Å². The van der Waals surface area contributed by atoms with E-state index in [1.165, 1.54) is 25.0 Å². The molecule has 2 atom stereocenters. The number of aromatic nitrogens is 4. The minimum Gasteiger partial charge on any atom is -0.454 e. The Morgan fingerprint density at radius 3 is 2.91 bits per heavy atom. The van der Waals surface area contributed by atoms with Crippen LogP contribution in [0.5, 0.6) is 11.5 Å². The summed E-state index contributed by atoms with van der Waals surface area (Å²) in [5.74, 6) is 1.48. The van der Waals surface area contributed by atoms with Gasteiger partial charge in [-0.25, -0.2) is 15.0 Å². The van der Waals surface area contributed by atoms with Gasteiger partial charge in [-0.2, -0.15) is 0 Å². The molecule has 0 spiro atoms. The zero-order chi connectivity index (χ0) is 23.8. The summed E-state index contributed by atoms with van der Waals surface area (Å²) in [6.07, 6.45) is 4.05. The number of nitrogens with two attached hydrogens (primary N) is 1. The normalized spacial score (nSPS) is 18.4. The first kappa shape index (κ1) is 23.2. The van der Waals surface area contributed by atoms with E-state index in [1.54, 1.807) is 0 Å². The number of fused-ring (bicyclic) bond motifs is 2. The van der Waals surface area contributed by atoms with Crippen molar-refractivity contribution in [1.29, 1.82) is 0 Å². The van der Waals surface area contributed by atoms with E-state index in [9.17, 15) is 9.90 Å². The number of aliphatic hydroxyl groups excluding tert-OH is 1. The molecule has 2 aromatic heterocycles. The van der Waals surface area contributed by atoms with Crippen LogP contribution in [0.15, 0.2) is 33.0 Å². The van der Waals surface area contributed by atoms with Crippen LogP contribution in [0.25, 0.3) is 11.2 Å². The molecular formula is C22H25BrN6O4S. The molecule has 0 saturated carbocycles. The van der Waals surface area contributed by atoms with E-state index in [-0.39, 0.29) is 18.7 Å². The van der Waals surface area contributed by atoms with Crippen LogP contribution in [0.3, 0.4) is 0 Å². The lowest BCUT2D eigenvalue weighted by Gasteiger charge is -2.36. The van der Waals surface area contributed by atoms with Crippen molar-refractivity contribution in [2.24, 2.45) is 0 Å². The van der Waals surface area contributed by atoms with E-state index in [0.717, 1.165) is 28.6 Å². The average Bonchev–Trinajstić information content (AvgIpc) is 3.42. The Hall–Kier alpha value is -2.57. The summed E-state index contributed by atoms with van der Waals surface area (Å²) in [7, 11) is 0. The first-order valence-corrected chi connectivity index (χ1v) is 12.8. The van der Waals surface area contributed by atoms with Crippen molar-refractivity contribution in [2.75, 3.05) is 19.1 Å². The van der Waals surface area contributed by atoms with E-state index < -0.39 is 6.10 Å². The third-order valence-corrected chi connectivity index (χ3v) is 8.08. The number of halogens is 1. The fraction of sp³-hybridized carbons (Fsp3) is 0.455. The maximum atomic E-state index is 12.6. The van der Waals surface area contributed by atoms with Crippen molar-refractivity contribution in [3.8, 4) is 11.5 Å². The highest BCUT2D eigenvalue weighted by molar-refractivity contribution is 9.10. The van der Waals surface area contributed by atoms with Gasteiger partial charge in [0, 0.05) is 28.5 Å². The zero-order valence-electron chi connectivity index (χ0n) is 18.6. The number of hydrogen-bond acceptors (Lipinski definition) is 9. The minimum absolute atomic E-state index is 0.0441. The van der Waals surface area contributed by atoms with Gasteiger partial charge in [0.05, 0.1) is 0 Å². The smallest absolute Gasteiger partial charge is 0.251 e. The van der Waals surface area contributed by atoms with Crippen LogP contribution in [0, 0.1) is 0 Å². The van der Waals surface area contributed by atoms with Crippen LogP contribution in [0.4, 0.5) is 5.82 Å². The topological polar surface area (TPSA) is 129 Å². The molecule has 2 aliphatic heterocycles. The summed E-state index contributed by atoms with van der Waals surface area (Å²) >= 11 is 5.08. The maximum absolute atomic E-state index is 12.6. The van der Waals surface area contributed by atoms with E-state index in [4.69, 9.17) is 20.2 Å². The van der Waals surface area contributed by atoms with Crippen LogP contribution < -0.4 is 15.2 Å². The number of benzene rings is 1. The van der Waals surface area contributed by atoms with E-state index in [1.807, 2.05) is 21.6 Å². The van der Waals surface area contributed by atoms with E-state index >= 15 is 0 Å². The van der Waals surface area contributed by atoms with E-state index in [0.29, 0.717) is 53.1 Å². The average molecular weight is 549 g/mol. The number of rotatable bonds is 6. The lowest BCUT2D eigenvalue weighted by atomic mass is 9.98. The Morgan fingerprint density at radius 1 is 1.32 bits per heavy atom. The standard InChI is InChI=1S/C22H25BrN6O4S/c1-12(30)21(31)28-6-3-2-4-13(28)5-7-29-20-18(19(24)25-10-26-20)27-22(29)34-17-9-16-15(8-14(17)23)32-11-33-16/h8-10,12-13,30H,2-7,11H2,1H3,(H2,24,25,26)/t12-,13-/m0/s1. The fourth-order valence-electron chi connectivity index (χ4n) is 4.40.